The standard InChI is InChI=1S/C26H43NO7/c1-7-27-12-23(13-30-2)9-8-17(28)25-15-10-14-16(31-3)11-24(29,18(15)19(14)32-4)26(34-6,22(25)27)21(33-5)20(23)25/h14-22,28-29H,7-13H2,1-6H3/t14-,15-,16+,17+,18-,19+,20-,21+,22-,23+,24-,25+,26-/m1/s1. The molecule has 1 spiro atoms. The van der Waals surface area contributed by atoms with Gasteiger partial charge in [0.25, 0.3) is 0 Å². The Balaban J connectivity index is 1.69. The van der Waals surface area contributed by atoms with Crippen molar-refractivity contribution in [3.8, 4) is 0 Å². The largest absolute Gasteiger partial charge is 0.392 e. The Morgan fingerprint density at radius 3 is 2.41 bits per heavy atom. The fraction of sp³-hybridized carbons (Fsp3) is 1.00. The summed E-state index contributed by atoms with van der Waals surface area (Å²) in [5.74, 6) is 0.165. The first-order valence-electron chi connectivity index (χ1n) is 13.1. The number of likely N-dealkylation sites (tertiary alicyclic amines) is 1. The minimum absolute atomic E-state index is 0.0262. The van der Waals surface area contributed by atoms with Crippen molar-refractivity contribution in [3.63, 3.8) is 0 Å². The van der Waals surface area contributed by atoms with Crippen molar-refractivity contribution in [2.24, 2.45) is 34.5 Å². The van der Waals surface area contributed by atoms with Crippen LogP contribution in [0.2, 0.25) is 0 Å². The summed E-state index contributed by atoms with van der Waals surface area (Å²) in [6, 6.07) is -0.150. The number of hydrogen-bond acceptors (Lipinski definition) is 8. The molecule has 13 atom stereocenters. The lowest BCUT2D eigenvalue weighted by atomic mass is 9.42. The highest BCUT2D eigenvalue weighted by molar-refractivity contribution is 5.41. The van der Waals surface area contributed by atoms with Crippen molar-refractivity contribution < 1.29 is 33.9 Å². The Hall–Kier alpha value is -0.320. The van der Waals surface area contributed by atoms with E-state index < -0.39 is 22.7 Å². The first-order valence-corrected chi connectivity index (χ1v) is 13.1. The van der Waals surface area contributed by atoms with Gasteiger partial charge in [0.15, 0.2) is 0 Å². The number of ether oxygens (including phenoxy) is 5. The summed E-state index contributed by atoms with van der Waals surface area (Å²) in [5, 5.41) is 25.1. The number of hydrogen-bond donors (Lipinski definition) is 2. The van der Waals surface area contributed by atoms with Crippen LogP contribution in [0.3, 0.4) is 0 Å². The molecule has 0 amide bonds. The van der Waals surface area contributed by atoms with E-state index in [1.165, 1.54) is 0 Å². The molecule has 5 aliphatic carbocycles. The van der Waals surface area contributed by atoms with Gasteiger partial charge in [-0.15, -0.1) is 0 Å². The number of aliphatic hydroxyl groups is 2. The summed E-state index contributed by atoms with van der Waals surface area (Å²) in [5.41, 5.74) is -2.84. The third-order valence-corrected chi connectivity index (χ3v) is 11.8. The molecule has 34 heavy (non-hydrogen) atoms. The van der Waals surface area contributed by atoms with Gasteiger partial charge in [-0.2, -0.15) is 0 Å². The summed E-state index contributed by atoms with van der Waals surface area (Å²) in [6.07, 6.45) is 1.86. The zero-order valence-electron chi connectivity index (χ0n) is 21.5. The van der Waals surface area contributed by atoms with Gasteiger partial charge in [0.1, 0.15) is 11.2 Å². The molecule has 0 aromatic rings. The highest BCUT2D eigenvalue weighted by atomic mass is 16.6. The average molecular weight is 482 g/mol. The maximum atomic E-state index is 13.0. The lowest BCUT2D eigenvalue weighted by Crippen LogP contribution is -2.82. The van der Waals surface area contributed by atoms with Gasteiger partial charge in [0.05, 0.1) is 37.1 Å². The number of piperidine rings is 1. The van der Waals surface area contributed by atoms with Crippen molar-refractivity contribution in [2.45, 2.75) is 74.3 Å². The summed E-state index contributed by atoms with van der Waals surface area (Å²) in [4.78, 5) is 2.49. The zero-order valence-corrected chi connectivity index (χ0v) is 21.5. The lowest BCUT2D eigenvalue weighted by Gasteiger charge is -2.70. The van der Waals surface area contributed by atoms with Gasteiger partial charge in [-0.25, -0.2) is 0 Å². The van der Waals surface area contributed by atoms with Crippen molar-refractivity contribution in [2.75, 3.05) is 55.2 Å². The molecule has 6 aliphatic rings. The normalized spacial score (nSPS) is 59.5. The van der Waals surface area contributed by atoms with E-state index in [1.54, 1.807) is 35.5 Å². The summed E-state index contributed by atoms with van der Waals surface area (Å²) in [7, 11) is 8.76. The van der Waals surface area contributed by atoms with Crippen LogP contribution in [0, 0.1) is 34.5 Å². The molecule has 5 saturated carbocycles. The maximum Gasteiger partial charge on any atom is 0.139 e. The molecular weight excluding hydrogens is 438 g/mol. The van der Waals surface area contributed by atoms with Crippen LogP contribution >= 0.6 is 0 Å². The molecule has 1 heterocycles. The molecule has 1 aliphatic heterocycles. The fourth-order valence-corrected chi connectivity index (χ4v) is 11.4. The van der Waals surface area contributed by atoms with E-state index in [0.29, 0.717) is 13.0 Å². The zero-order chi connectivity index (χ0) is 24.3. The highest BCUT2D eigenvalue weighted by Gasteiger charge is 2.91. The van der Waals surface area contributed by atoms with Crippen LogP contribution in [0.4, 0.5) is 0 Å². The molecular formula is C26H43NO7. The van der Waals surface area contributed by atoms with Crippen molar-refractivity contribution in [1.82, 2.24) is 4.90 Å². The average Bonchev–Trinajstić information content (AvgIpc) is 3.27. The molecule has 0 aromatic carbocycles. The van der Waals surface area contributed by atoms with Gasteiger partial charge in [0, 0.05) is 77.1 Å². The van der Waals surface area contributed by atoms with Gasteiger partial charge in [-0.1, -0.05) is 6.92 Å². The van der Waals surface area contributed by atoms with E-state index in [-0.39, 0.29) is 53.4 Å². The quantitative estimate of drug-likeness (QED) is 0.555. The van der Waals surface area contributed by atoms with E-state index in [0.717, 1.165) is 32.4 Å². The van der Waals surface area contributed by atoms with Crippen molar-refractivity contribution >= 4 is 0 Å². The predicted octanol–water partition coefficient (Wildman–Crippen LogP) is 0.925. The molecule has 2 N–H and O–H groups in total. The molecule has 6 fully saturated rings. The minimum atomic E-state index is -1.20. The fourth-order valence-electron chi connectivity index (χ4n) is 11.4. The van der Waals surface area contributed by atoms with Crippen LogP contribution in [-0.4, -0.2) is 112 Å². The van der Waals surface area contributed by atoms with E-state index in [4.69, 9.17) is 23.7 Å². The van der Waals surface area contributed by atoms with Crippen LogP contribution < -0.4 is 0 Å². The first kappa shape index (κ1) is 24.0. The molecule has 0 radical (unpaired) electrons. The second kappa shape index (κ2) is 7.60. The van der Waals surface area contributed by atoms with Crippen LogP contribution in [-0.2, 0) is 23.7 Å². The number of fused-ring (bicyclic) bond motifs is 2. The molecule has 7 bridgehead atoms. The number of methoxy groups -OCH3 is 5. The van der Waals surface area contributed by atoms with E-state index in [9.17, 15) is 10.2 Å². The summed E-state index contributed by atoms with van der Waals surface area (Å²) in [6.45, 7) is 4.48. The Bertz CT molecular complexity index is 829. The molecule has 0 aromatic heterocycles. The molecule has 8 heteroatoms. The molecule has 194 valence electrons. The second-order valence-electron chi connectivity index (χ2n) is 12.1. The summed E-state index contributed by atoms with van der Waals surface area (Å²) < 4.78 is 31.1. The maximum absolute atomic E-state index is 13.0. The second-order valence-corrected chi connectivity index (χ2v) is 12.1. The Morgan fingerprint density at radius 1 is 1.06 bits per heavy atom. The van der Waals surface area contributed by atoms with Gasteiger partial charge in [-0.3, -0.25) is 4.90 Å². The van der Waals surface area contributed by atoms with Gasteiger partial charge < -0.3 is 33.9 Å². The van der Waals surface area contributed by atoms with Crippen LogP contribution in [0.15, 0.2) is 0 Å². The van der Waals surface area contributed by atoms with Crippen LogP contribution in [0.5, 0.6) is 0 Å². The third kappa shape index (κ3) is 2.23. The number of likely N-dealkylation sites (N-methyl/N-ethyl adjacent to an activating group) is 1. The predicted molar refractivity (Wildman–Crippen MR) is 123 cm³/mol. The van der Waals surface area contributed by atoms with Crippen LogP contribution in [0.1, 0.15) is 32.6 Å². The van der Waals surface area contributed by atoms with Crippen molar-refractivity contribution in [1.29, 1.82) is 0 Å². The monoisotopic (exact) mass is 481 g/mol. The van der Waals surface area contributed by atoms with E-state index in [1.807, 2.05) is 0 Å². The summed E-state index contributed by atoms with van der Waals surface area (Å²) >= 11 is 0. The number of rotatable bonds is 7. The number of aliphatic hydroxyl groups excluding tert-OH is 1. The first-order chi connectivity index (χ1) is 16.3. The van der Waals surface area contributed by atoms with E-state index >= 15 is 0 Å². The van der Waals surface area contributed by atoms with Gasteiger partial charge >= 0.3 is 0 Å². The SMILES string of the molecule is CCN1C[C@]2(COC)CC[C@H](O)[C@]34[C@@H]5C[C@H]6[C@H](OC)[C@@H]5[C@](O)(C[C@@H]6OC)[C@](OC)([C@H]13)[C@@H](OC)[C@H]24. The molecule has 1 saturated heterocycles. The Morgan fingerprint density at radius 2 is 1.82 bits per heavy atom. The van der Waals surface area contributed by atoms with Crippen molar-refractivity contribution in [3.05, 3.63) is 0 Å². The minimum Gasteiger partial charge on any atom is -0.392 e. The smallest absolute Gasteiger partial charge is 0.139 e. The van der Waals surface area contributed by atoms with Crippen LogP contribution in [0.25, 0.3) is 0 Å². The van der Waals surface area contributed by atoms with Gasteiger partial charge in [0.2, 0.25) is 0 Å². The topological polar surface area (TPSA) is 89.9 Å². The Labute approximate surface area is 203 Å². The Kier molecular flexibility index (Phi) is 5.38. The van der Waals surface area contributed by atoms with E-state index in [2.05, 4.69) is 11.8 Å². The third-order valence-electron chi connectivity index (χ3n) is 11.8. The molecule has 8 nitrogen and oxygen atoms in total. The van der Waals surface area contributed by atoms with Gasteiger partial charge in [-0.05, 0) is 31.7 Å². The molecule has 6 rings (SSSR count). The molecule has 0 unspecified atom stereocenters. The highest BCUT2D eigenvalue weighted by Crippen LogP contribution is 2.80. The lowest BCUT2D eigenvalue weighted by molar-refractivity contribution is -0.324. The number of nitrogens with zero attached hydrogens (tertiary/aromatic N) is 1.